The van der Waals surface area contributed by atoms with Crippen LogP contribution in [0.15, 0.2) is 29.2 Å². The Morgan fingerprint density at radius 2 is 1.76 bits per heavy atom. The van der Waals surface area contributed by atoms with Crippen LogP contribution in [0.5, 0.6) is 0 Å². The Bertz CT molecular complexity index is 501. The van der Waals surface area contributed by atoms with Gasteiger partial charge in [0.1, 0.15) is 6.10 Å². The predicted molar refractivity (Wildman–Crippen MR) is 53.2 cm³/mol. The smallest absolute Gasteiger partial charge is 0.368 e. The van der Waals surface area contributed by atoms with Gasteiger partial charge in [0.25, 0.3) is 0 Å². The van der Waals surface area contributed by atoms with Crippen molar-refractivity contribution < 1.29 is 26.3 Å². The van der Waals surface area contributed by atoms with Crippen molar-refractivity contribution in [2.45, 2.75) is 17.2 Å². The van der Waals surface area contributed by atoms with E-state index < -0.39 is 21.8 Å². The van der Waals surface area contributed by atoms with E-state index in [1.54, 1.807) is 0 Å². The van der Waals surface area contributed by atoms with Gasteiger partial charge < -0.3 is 4.74 Å². The van der Waals surface area contributed by atoms with Gasteiger partial charge in [-0.25, -0.2) is 8.42 Å². The lowest BCUT2D eigenvalue weighted by Crippen LogP contribution is -2.22. The van der Waals surface area contributed by atoms with Gasteiger partial charge in [-0.3, -0.25) is 0 Å². The lowest BCUT2D eigenvalue weighted by atomic mass is 10.2. The van der Waals surface area contributed by atoms with Gasteiger partial charge in [-0.2, -0.15) is 13.2 Å². The van der Waals surface area contributed by atoms with Gasteiger partial charge in [0.2, 0.25) is 0 Å². The molecule has 0 N–H and O–H groups in total. The van der Waals surface area contributed by atoms with Crippen molar-refractivity contribution in [3.8, 4) is 0 Å². The van der Waals surface area contributed by atoms with E-state index in [0.717, 1.165) is 5.56 Å². The molecule has 1 aromatic rings. The molecule has 0 unspecified atom stereocenters. The number of rotatable bonds is 3. The van der Waals surface area contributed by atoms with Crippen molar-refractivity contribution in [3.05, 3.63) is 29.8 Å². The maximum absolute atomic E-state index is 12.1. The van der Waals surface area contributed by atoms with Crippen molar-refractivity contribution in [2.75, 3.05) is 12.4 Å². The number of hydrogen-bond acceptors (Lipinski definition) is 3. The summed E-state index contributed by atoms with van der Waals surface area (Å²) in [6, 6.07) is 5.30. The summed E-state index contributed by atoms with van der Waals surface area (Å²) in [7, 11) is -4.31. The monoisotopic (exact) mass is 266 g/mol. The molecule has 0 radical (unpaired) electrons. The third kappa shape index (κ3) is 3.19. The summed E-state index contributed by atoms with van der Waals surface area (Å²) in [5.74, 6) is -1.83. The molecule has 1 aromatic carbocycles. The molecule has 17 heavy (non-hydrogen) atoms. The van der Waals surface area contributed by atoms with Crippen LogP contribution < -0.4 is 0 Å². The Kier molecular flexibility index (Phi) is 2.90. The average molecular weight is 266 g/mol. The number of halogens is 3. The number of hydrogen-bond donors (Lipinski definition) is 0. The Morgan fingerprint density at radius 1 is 1.24 bits per heavy atom. The molecule has 1 fully saturated rings. The van der Waals surface area contributed by atoms with E-state index in [-0.39, 0.29) is 11.0 Å². The van der Waals surface area contributed by atoms with E-state index in [1.807, 2.05) is 0 Å². The summed E-state index contributed by atoms with van der Waals surface area (Å²) in [5, 5.41) is 0. The summed E-state index contributed by atoms with van der Waals surface area (Å²) in [5.41, 5.74) is 0.774. The lowest BCUT2D eigenvalue weighted by molar-refractivity contribution is -0.106. The molecule has 1 aliphatic heterocycles. The minimum Gasteiger partial charge on any atom is -0.368 e. The number of sulfone groups is 1. The number of benzene rings is 1. The minimum atomic E-state index is -4.73. The fourth-order valence-electron chi connectivity index (χ4n) is 1.43. The minimum absolute atomic E-state index is 0.0469. The summed E-state index contributed by atoms with van der Waals surface area (Å²) in [6.45, 7) is 0.564. The number of epoxide rings is 1. The molecule has 94 valence electrons. The third-order valence-electron chi connectivity index (χ3n) is 2.30. The van der Waals surface area contributed by atoms with Gasteiger partial charge in [-0.1, -0.05) is 12.1 Å². The van der Waals surface area contributed by atoms with Gasteiger partial charge in [0.15, 0.2) is 15.6 Å². The Morgan fingerprint density at radius 3 is 2.18 bits per heavy atom. The molecule has 0 saturated carbocycles. The van der Waals surface area contributed by atoms with Gasteiger partial charge in [0.05, 0.1) is 11.5 Å². The first-order chi connectivity index (χ1) is 7.78. The van der Waals surface area contributed by atoms with E-state index in [1.165, 1.54) is 24.3 Å². The fraction of sp³-hybridized carbons (Fsp3) is 0.400. The van der Waals surface area contributed by atoms with Crippen LogP contribution in [0.4, 0.5) is 13.2 Å². The second kappa shape index (κ2) is 3.99. The molecule has 3 nitrogen and oxygen atoms in total. The highest BCUT2D eigenvalue weighted by atomic mass is 32.2. The largest absolute Gasteiger partial charge is 0.403 e. The van der Waals surface area contributed by atoms with Crippen LogP contribution in [0.25, 0.3) is 0 Å². The van der Waals surface area contributed by atoms with Crippen molar-refractivity contribution in [1.82, 2.24) is 0 Å². The van der Waals surface area contributed by atoms with Crippen molar-refractivity contribution in [1.29, 1.82) is 0 Å². The second-order valence-electron chi connectivity index (χ2n) is 3.77. The molecule has 1 heterocycles. The van der Waals surface area contributed by atoms with Crippen molar-refractivity contribution in [2.24, 2.45) is 0 Å². The van der Waals surface area contributed by atoms with Crippen LogP contribution in [0.3, 0.4) is 0 Å². The van der Waals surface area contributed by atoms with Crippen LogP contribution >= 0.6 is 0 Å². The zero-order valence-corrected chi connectivity index (χ0v) is 9.38. The van der Waals surface area contributed by atoms with E-state index in [0.29, 0.717) is 6.61 Å². The molecule has 1 atom stereocenters. The summed E-state index contributed by atoms with van der Waals surface area (Å²) >= 11 is 0. The SMILES string of the molecule is O=S(=O)(CC(F)(F)F)c1ccc([C@H]2CO2)cc1. The Hall–Kier alpha value is -1.08. The Labute approximate surface area is 96.1 Å². The third-order valence-corrected chi connectivity index (χ3v) is 4.00. The highest BCUT2D eigenvalue weighted by molar-refractivity contribution is 7.91. The van der Waals surface area contributed by atoms with Crippen LogP contribution in [0, 0.1) is 0 Å². The summed E-state index contributed by atoms with van der Waals surface area (Å²) in [4.78, 5) is -0.320. The van der Waals surface area contributed by atoms with E-state index in [9.17, 15) is 21.6 Å². The molecule has 0 spiro atoms. The summed E-state index contributed by atoms with van der Waals surface area (Å²) in [6.07, 6.45) is -4.77. The Balaban J connectivity index is 2.21. The number of alkyl halides is 3. The van der Waals surface area contributed by atoms with Crippen molar-refractivity contribution in [3.63, 3.8) is 0 Å². The molecular weight excluding hydrogens is 257 g/mol. The number of ether oxygens (including phenoxy) is 1. The van der Waals surface area contributed by atoms with Crippen molar-refractivity contribution >= 4 is 9.84 Å². The zero-order valence-electron chi connectivity index (χ0n) is 8.57. The predicted octanol–water partition coefficient (Wildman–Crippen LogP) is 2.09. The van der Waals surface area contributed by atoms with Crippen LogP contribution in [-0.4, -0.2) is 27.0 Å². The average Bonchev–Trinajstić information content (AvgIpc) is 2.97. The molecule has 1 saturated heterocycles. The standard InChI is InChI=1S/C10H9F3O3S/c11-10(12,13)6-17(14,15)8-3-1-7(2-4-8)9-5-16-9/h1-4,9H,5-6H2/t9-/m1/s1. The van der Waals surface area contributed by atoms with Gasteiger partial charge in [-0.15, -0.1) is 0 Å². The molecule has 1 aliphatic rings. The van der Waals surface area contributed by atoms with Gasteiger partial charge in [0, 0.05) is 0 Å². The lowest BCUT2D eigenvalue weighted by Gasteiger charge is -2.08. The van der Waals surface area contributed by atoms with E-state index in [2.05, 4.69) is 0 Å². The second-order valence-corrected chi connectivity index (χ2v) is 5.75. The first-order valence-corrected chi connectivity index (χ1v) is 6.44. The molecule has 7 heteroatoms. The fourth-order valence-corrected chi connectivity index (χ4v) is 2.58. The maximum Gasteiger partial charge on any atom is 0.403 e. The molecule has 2 rings (SSSR count). The van der Waals surface area contributed by atoms with Gasteiger partial charge in [-0.05, 0) is 17.7 Å². The maximum atomic E-state index is 12.1. The first-order valence-electron chi connectivity index (χ1n) is 4.79. The highest BCUT2D eigenvalue weighted by Crippen LogP contribution is 2.30. The normalized spacial score (nSPS) is 20.3. The van der Waals surface area contributed by atoms with Crippen LogP contribution in [0.2, 0.25) is 0 Å². The van der Waals surface area contributed by atoms with E-state index in [4.69, 9.17) is 4.74 Å². The molecule has 0 aromatic heterocycles. The topological polar surface area (TPSA) is 46.7 Å². The first kappa shape index (κ1) is 12.4. The molecular formula is C10H9F3O3S. The quantitative estimate of drug-likeness (QED) is 0.787. The summed E-state index contributed by atoms with van der Waals surface area (Å²) < 4.78 is 63.9. The highest BCUT2D eigenvalue weighted by Gasteiger charge is 2.36. The van der Waals surface area contributed by atoms with E-state index >= 15 is 0 Å². The zero-order chi connectivity index (χ0) is 12.7. The molecule has 0 aliphatic carbocycles. The van der Waals surface area contributed by atoms with Crippen LogP contribution in [-0.2, 0) is 14.6 Å². The molecule has 0 amide bonds. The van der Waals surface area contributed by atoms with Gasteiger partial charge >= 0.3 is 6.18 Å². The molecule has 0 bridgehead atoms. The van der Waals surface area contributed by atoms with Crippen LogP contribution in [0.1, 0.15) is 11.7 Å².